The molecule has 1 fully saturated rings. The number of ether oxygens (including phenoxy) is 2. The van der Waals surface area contributed by atoms with Crippen LogP contribution in [0.1, 0.15) is 16.7 Å². The number of aromatic nitrogens is 2. The minimum absolute atomic E-state index is 0.0931. The molecule has 1 aliphatic heterocycles. The number of hydrogen-bond acceptors (Lipinski definition) is 5. The van der Waals surface area contributed by atoms with Gasteiger partial charge in [-0.15, -0.1) is 0 Å². The molecule has 2 aromatic rings. The summed E-state index contributed by atoms with van der Waals surface area (Å²) >= 11 is 0. The van der Waals surface area contributed by atoms with Gasteiger partial charge in [0.25, 0.3) is 0 Å². The number of nitrogens with zero attached hydrogens (tertiary/aromatic N) is 3. The highest BCUT2D eigenvalue weighted by atomic mass is 16.5. The number of rotatable bonds is 7. The van der Waals surface area contributed by atoms with E-state index in [4.69, 9.17) is 9.47 Å². The molecule has 2 unspecified atom stereocenters. The number of aliphatic hydroxyl groups excluding tert-OH is 1. The largest absolute Gasteiger partial charge is 0.491 e. The molecule has 1 saturated heterocycles. The van der Waals surface area contributed by atoms with Crippen molar-refractivity contribution in [2.75, 3.05) is 32.8 Å². The fourth-order valence-corrected chi connectivity index (χ4v) is 3.39. The van der Waals surface area contributed by atoms with E-state index in [1.54, 1.807) is 0 Å². The van der Waals surface area contributed by atoms with Gasteiger partial charge < -0.3 is 14.6 Å². The van der Waals surface area contributed by atoms with E-state index in [0.717, 1.165) is 30.9 Å². The first-order chi connectivity index (χ1) is 12.5. The van der Waals surface area contributed by atoms with Crippen molar-refractivity contribution in [1.29, 1.82) is 0 Å². The van der Waals surface area contributed by atoms with Crippen molar-refractivity contribution < 1.29 is 14.6 Å². The maximum Gasteiger partial charge on any atom is 0.119 e. The van der Waals surface area contributed by atoms with Crippen LogP contribution in [0.5, 0.6) is 5.75 Å². The highest BCUT2D eigenvalue weighted by Gasteiger charge is 2.23. The number of aliphatic hydroxyl groups is 1. The summed E-state index contributed by atoms with van der Waals surface area (Å²) in [5.41, 5.74) is 3.48. The number of benzene rings is 1. The van der Waals surface area contributed by atoms with Gasteiger partial charge in [-0.05, 0) is 49.6 Å². The van der Waals surface area contributed by atoms with Crippen molar-refractivity contribution in [2.24, 2.45) is 0 Å². The molecule has 26 heavy (non-hydrogen) atoms. The normalized spacial score (nSPS) is 19.5. The summed E-state index contributed by atoms with van der Waals surface area (Å²) < 4.78 is 13.5. The maximum absolute atomic E-state index is 10.4. The summed E-state index contributed by atoms with van der Waals surface area (Å²) in [5, 5.41) is 14.7. The summed E-state index contributed by atoms with van der Waals surface area (Å²) in [7, 11) is 0. The van der Waals surface area contributed by atoms with Gasteiger partial charge in [-0.25, -0.2) is 0 Å². The third-order valence-corrected chi connectivity index (χ3v) is 4.48. The number of β-amino-alcohol motifs (C(OH)–C–C–N with tert-alkyl or cyclic N) is 1. The first-order valence-corrected chi connectivity index (χ1v) is 9.20. The van der Waals surface area contributed by atoms with Gasteiger partial charge in [-0.1, -0.05) is 6.07 Å². The SMILES string of the molecule is Cc1cc(C)cc(OCC(O)CN2CCOC(Cn3cc(C)cn3)C2)c1. The Bertz CT molecular complexity index is 696. The highest BCUT2D eigenvalue weighted by molar-refractivity contribution is 5.32. The van der Waals surface area contributed by atoms with Gasteiger partial charge in [-0.3, -0.25) is 9.58 Å². The molecule has 1 N–H and O–H groups in total. The van der Waals surface area contributed by atoms with Crippen LogP contribution in [0.3, 0.4) is 0 Å². The molecule has 0 aliphatic carbocycles. The van der Waals surface area contributed by atoms with Crippen molar-refractivity contribution in [1.82, 2.24) is 14.7 Å². The Hall–Kier alpha value is -1.89. The van der Waals surface area contributed by atoms with Gasteiger partial charge in [0.1, 0.15) is 18.5 Å². The van der Waals surface area contributed by atoms with E-state index in [1.807, 2.05) is 50.0 Å². The van der Waals surface area contributed by atoms with Gasteiger partial charge in [0.2, 0.25) is 0 Å². The summed E-state index contributed by atoms with van der Waals surface area (Å²) in [6.45, 7) is 10.0. The quantitative estimate of drug-likeness (QED) is 0.819. The van der Waals surface area contributed by atoms with Gasteiger partial charge >= 0.3 is 0 Å². The zero-order chi connectivity index (χ0) is 18.5. The molecule has 6 heteroatoms. The van der Waals surface area contributed by atoms with Crippen molar-refractivity contribution in [3.63, 3.8) is 0 Å². The summed E-state index contributed by atoms with van der Waals surface area (Å²) in [6, 6.07) is 6.10. The van der Waals surface area contributed by atoms with E-state index in [2.05, 4.69) is 16.1 Å². The molecule has 2 heterocycles. The predicted octanol–water partition coefficient (Wildman–Crippen LogP) is 1.95. The second-order valence-corrected chi connectivity index (χ2v) is 7.28. The smallest absolute Gasteiger partial charge is 0.119 e. The molecule has 142 valence electrons. The number of aryl methyl sites for hydroxylation is 3. The molecule has 6 nitrogen and oxygen atoms in total. The van der Waals surface area contributed by atoms with E-state index in [-0.39, 0.29) is 6.10 Å². The minimum Gasteiger partial charge on any atom is -0.491 e. The molecular weight excluding hydrogens is 330 g/mol. The molecule has 0 spiro atoms. The average Bonchev–Trinajstić information content (AvgIpc) is 2.97. The minimum atomic E-state index is -0.526. The van der Waals surface area contributed by atoms with E-state index >= 15 is 0 Å². The van der Waals surface area contributed by atoms with E-state index in [1.165, 1.54) is 11.1 Å². The van der Waals surface area contributed by atoms with E-state index in [0.29, 0.717) is 19.8 Å². The van der Waals surface area contributed by atoms with Crippen LogP contribution in [0, 0.1) is 20.8 Å². The van der Waals surface area contributed by atoms with Crippen LogP contribution in [0.15, 0.2) is 30.6 Å². The molecule has 0 radical (unpaired) electrons. The van der Waals surface area contributed by atoms with Crippen molar-refractivity contribution in [2.45, 2.75) is 39.5 Å². The molecule has 1 aromatic carbocycles. The molecule has 0 saturated carbocycles. The van der Waals surface area contributed by atoms with Crippen LogP contribution in [-0.4, -0.2) is 64.8 Å². The third-order valence-electron chi connectivity index (χ3n) is 4.48. The average molecular weight is 359 g/mol. The van der Waals surface area contributed by atoms with Crippen LogP contribution in [0.2, 0.25) is 0 Å². The fourth-order valence-electron chi connectivity index (χ4n) is 3.39. The highest BCUT2D eigenvalue weighted by Crippen LogP contribution is 2.16. The number of morpholine rings is 1. The van der Waals surface area contributed by atoms with Gasteiger partial charge in [0.05, 0.1) is 25.5 Å². The van der Waals surface area contributed by atoms with Crippen LogP contribution in [-0.2, 0) is 11.3 Å². The van der Waals surface area contributed by atoms with Gasteiger partial charge in [0.15, 0.2) is 0 Å². The lowest BCUT2D eigenvalue weighted by atomic mass is 10.1. The predicted molar refractivity (Wildman–Crippen MR) is 101 cm³/mol. The Kier molecular flexibility index (Phi) is 6.29. The second-order valence-electron chi connectivity index (χ2n) is 7.28. The zero-order valence-corrected chi connectivity index (χ0v) is 15.9. The zero-order valence-electron chi connectivity index (χ0n) is 15.9. The Balaban J connectivity index is 1.45. The number of hydrogen-bond donors (Lipinski definition) is 1. The lowest BCUT2D eigenvalue weighted by Gasteiger charge is -2.34. The lowest BCUT2D eigenvalue weighted by Crippen LogP contribution is -2.47. The van der Waals surface area contributed by atoms with Crippen molar-refractivity contribution in [3.8, 4) is 5.75 Å². The summed E-state index contributed by atoms with van der Waals surface area (Å²) in [5.74, 6) is 0.815. The van der Waals surface area contributed by atoms with Gasteiger partial charge in [0, 0.05) is 25.8 Å². The van der Waals surface area contributed by atoms with Crippen LogP contribution < -0.4 is 4.74 Å². The molecule has 3 rings (SSSR count). The van der Waals surface area contributed by atoms with E-state index < -0.39 is 6.10 Å². The van der Waals surface area contributed by atoms with Crippen LogP contribution in [0.25, 0.3) is 0 Å². The van der Waals surface area contributed by atoms with Crippen molar-refractivity contribution >= 4 is 0 Å². The molecule has 0 amide bonds. The molecule has 1 aliphatic rings. The second kappa shape index (κ2) is 8.66. The molecule has 0 bridgehead atoms. The Labute approximate surface area is 155 Å². The molecule has 2 atom stereocenters. The molecule has 1 aromatic heterocycles. The third kappa shape index (κ3) is 5.56. The van der Waals surface area contributed by atoms with Crippen LogP contribution in [0.4, 0.5) is 0 Å². The fraction of sp³-hybridized carbons (Fsp3) is 0.550. The Morgan fingerprint density at radius 3 is 2.69 bits per heavy atom. The van der Waals surface area contributed by atoms with Gasteiger partial charge in [-0.2, -0.15) is 5.10 Å². The monoisotopic (exact) mass is 359 g/mol. The Morgan fingerprint density at radius 1 is 1.23 bits per heavy atom. The van der Waals surface area contributed by atoms with Crippen LogP contribution >= 0.6 is 0 Å². The Morgan fingerprint density at radius 2 is 2.00 bits per heavy atom. The lowest BCUT2D eigenvalue weighted by molar-refractivity contribution is -0.0517. The molecular formula is C20H29N3O3. The first-order valence-electron chi connectivity index (χ1n) is 9.20. The first kappa shape index (κ1) is 18.9. The standard InChI is InChI=1S/C20H29N3O3/c1-15-6-16(2)8-19(7-15)26-14-18(24)11-22-4-5-25-20(12-22)13-23-10-17(3)9-21-23/h6-10,18,20,24H,4-5,11-14H2,1-3H3. The van der Waals surface area contributed by atoms with Crippen molar-refractivity contribution in [3.05, 3.63) is 47.3 Å². The van der Waals surface area contributed by atoms with E-state index in [9.17, 15) is 5.11 Å². The summed E-state index contributed by atoms with van der Waals surface area (Å²) in [4.78, 5) is 2.24. The summed E-state index contributed by atoms with van der Waals surface area (Å²) in [6.07, 6.45) is 3.45. The topological polar surface area (TPSA) is 59.8 Å². The maximum atomic E-state index is 10.4.